The van der Waals surface area contributed by atoms with Crippen LogP contribution < -0.4 is 5.32 Å². The second-order valence-electron chi connectivity index (χ2n) is 6.59. The van der Waals surface area contributed by atoms with Crippen LogP contribution in [0, 0.1) is 22.7 Å². The molecule has 1 N–H and O–H groups in total. The molecule has 1 amide bonds. The first-order chi connectivity index (χ1) is 15.1. The highest BCUT2D eigenvalue weighted by molar-refractivity contribution is 6.12. The lowest BCUT2D eigenvalue weighted by atomic mass is 10.1. The molecule has 0 spiro atoms. The number of hydrogen-bond acceptors (Lipinski definition) is 5. The fourth-order valence-corrected chi connectivity index (χ4v) is 3.22. The summed E-state index contributed by atoms with van der Waals surface area (Å²) in [7, 11) is 0. The van der Waals surface area contributed by atoms with Crippen LogP contribution in [0.5, 0.6) is 0 Å². The van der Waals surface area contributed by atoms with Gasteiger partial charge in [-0.15, -0.1) is 0 Å². The van der Waals surface area contributed by atoms with Crippen molar-refractivity contribution in [3.63, 3.8) is 0 Å². The summed E-state index contributed by atoms with van der Waals surface area (Å²) in [6, 6.07) is 18.1. The van der Waals surface area contributed by atoms with Crippen molar-refractivity contribution in [2.24, 2.45) is 0 Å². The summed E-state index contributed by atoms with van der Waals surface area (Å²) < 4.78 is 6.94. The van der Waals surface area contributed by atoms with Gasteiger partial charge in [-0.3, -0.25) is 4.79 Å². The summed E-state index contributed by atoms with van der Waals surface area (Å²) in [5, 5.41) is 22.0. The van der Waals surface area contributed by atoms with Gasteiger partial charge in [-0.2, -0.15) is 10.5 Å². The summed E-state index contributed by atoms with van der Waals surface area (Å²) >= 11 is 0. The quantitative estimate of drug-likeness (QED) is 0.354. The van der Waals surface area contributed by atoms with Crippen LogP contribution >= 0.6 is 0 Å². The number of carbonyl (C=O) groups excluding carboxylic acids is 2. The highest BCUT2D eigenvalue weighted by Crippen LogP contribution is 2.24. The zero-order valence-corrected chi connectivity index (χ0v) is 17.0. The number of nitrogens with one attached hydrogen (secondary N) is 1. The van der Waals surface area contributed by atoms with E-state index in [2.05, 4.69) is 11.4 Å². The molecular formula is C24H20N4O3. The Labute approximate surface area is 179 Å². The van der Waals surface area contributed by atoms with E-state index < -0.39 is 11.9 Å². The Morgan fingerprint density at radius 3 is 2.61 bits per heavy atom. The number of para-hydroxylation sites is 2. The number of nitriles is 2. The maximum absolute atomic E-state index is 12.8. The van der Waals surface area contributed by atoms with E-state index in [1.165, 1.54) is 6.08 Å². The molecule has 0 aliphatic heterocycles. The second kappa shape index (κ2) is 9.91. The van der Waals surface area contributed by atoms with Gasteiger partial charge in [-0.1, -0.05) is 30.3 Å². The van der Waals surface area contributed by atoms with Gasteiger partial charge in [-0.25, -0.2) is 4.79 Å². The molecule has 0 saturated heterocycles. The van der Waals surface area contributed by atoms with Crippen LogP contribution in [-0.2, 0) is 16.1 Å². The van der Waals surface area contributed by atoms with Crippen molar-refractivity contribution < 1.29 is 14.3 Å². The van der Waals surface area contributed by atoms with E-state index in [9.17, 15) is 14.9 Å². The van der Waals surface area contributed by atoms with Crippen molar-refractivity contribution in [2.75, 3.05) is 11.9 Å². The third-order valence-corrected chi connectivity index (χ3v) is 4.62. The molecular weight excluding hydrogens is 392 g/mol. The van der Waals surface area contributed by atoms with E-state index in [0.717, 1.165) is 10.9 Å². The maximum atomic E-state index is 12.8. The molecule has 0 unspecified atom stereocenters. The smallest absolute Gasteiger partial charge is 0.340 e. The standard InChI is InChI=1S/C24H20N4O3/c1-2-31-24(30)20-9-3-5-10-21(20)27-23(29)17(15-26)14-18-16-28(13-7-12-25)22-11-6-4-8-19(18)22/h3-6,8-11,14,16H,2,7,13H2,1H3,(H,27,29)/b17-14-. The van der Waals surface area contributed by atoms with Gasteiger partial charge in [0.25, 0.3) is 5.91 Å². The number of aromatic nitrogens is 1. The van der Waals surface area contributed by atoms with E-state index in [-0.39, 0.29) is 23.4 Å². The number of benzene rings is 2. The van der Waals surface area contributed by atoms with E-state index in [1.54, 1.807) is 31.2 Å². The van der Waals surface area contributed by atoms with Crippen LogP contribution in [0.3, 0.4) is 0 Å². The summed E-state index contributed by atoms with van der Waals surface area (Å²) in [6.45, 7) is 2.41. The van der Waals surface area contributed by atoms with Crippen molar-refractivity contribution in [3.05, 3.63) is 71.4 Å². The van der Waals surface area contributed by atoms with Crippen molar-refractivity contribution in [3.8, 4) is 12.1 Å². The first kappa shape index (κ1) is 21.4. The number of fused-ring (bicyclic) bond motifs is 1. The largest absolute Gasteiger partial charge is 0.462 e. The Morgan fingerprint density at radius 1 is 1.13 bits per heavy atom. The molecule has 7 heteroatoms. The Bertz CT molecular complexity index is 1240. The SMILES string of the molecule is CCOC(=O)c1ccccc1NC(=O)/C(C#N)=C\c1cn(CCC#N)c2ccccc12. The molecule has 7 nitrogen and oxygen atoms in total. The molecule has 3 rings (SSSR count). The Kier molecular flexibility index (Phi) is 6.82. The van der Waals surface area contributed by atoms with Crippen molar-refractivity contribution >= 4 is 34.5 Å². The fourth-order valence-electron chi connectivity index (χ4n) is 3.22. The third kappa shape index (κ3) is 4.80. The van der Waals surface area contributed by atoms with Crippen molar-refractivity contribution in [2.45, 2.75) is 19.9 Å². The molecule has 31 heavy (non-hydrogen) atoms. The van der Waals surface area contributed by atoms with Gasteiger partial charge in [0.15, 0.2) is 0 Å². The van der Waals surface area contributed by atoms with E-state index in [0.29, 0.717) is 18.5 Å². The summed E-state index contributed by atoms with van der Waals surface area (Å²) in [4.78, 5) is 24.9. The fraction of sp³-hybridized carbons (Fsp3) is 0.167. The lowest BCUT2D eigenvalue weighted by Crippen LogP contribution is -2.17. The van der Waals surface area contributed by atoms with Crippen LogP contribution in [-0.4, -0.2) is 23.1 Å². The van der Waals surface area contributed by atoms with Crippen LogP contribution in [0.15, 0.2) is 60.3 Å². The number of anilines is 1. The molecule has 0 atom stereocenters. The normalized spacial score (nSPS) is 10.9. The minimum atomic E-state index is -0.631. The van der Waals surface area contributed by atoms with Gasteiger partial charge in [0.05, 0.1) is 30.3 Å². The van der Waals surface area contributed by atoms with Gasteiger partial charge in [0.2, 0.25) is 0 Å². The zero-order valence-electron chi connectivity index (χ0n) is 17.0. The number of ether oxygens (including phenoxy) is 1. The minimum Gasteiger partial charge on any atom is -0.462 e. The Hall–Kier alpha value is -4.36. The number of carbonyl (C=O) groups is 2. The van der Waals surface area contributed by atoms with Gasteiger partial charge >= 0.3 is 5.97 Å². The number of hydrogen-bond donors (Lipinski definition) is 1. The van der Waals surface area contributed by atoms with Crippen molar-refractivity contribution in [1.29, 1.82) is 10.5 Å². The van der Waals surface area contributed by atoms with E-state index >= 15 is 0 Å². The molecule has 0 radical (unpaired) electrons. The van der Waals surface area contributed by atoms with Crippen LogP contribution in [0.4, 0.5) is 5.69 Å². The highest BCUT2D eigenvalue weighted by Gasteiger charge is 2.17. The van der Waals surface area contributed by atoms with Crippen LogP contribution in [0.25, 0.3) is 17.0 Å². The number of esters is 1. The van der Waals surface area contributed by atoms with Gasteiger partial charge in [0.1, 0.15) is 11.6 Å². The van der Waals surface area contributed by atoms with Gasteiger partial charge in [-0.05, 0) is 31.2 Å². The zero-order chi connectivity index (χ0) is 22.2. The predicted molar refractivity (Wildman–Crippen MR) is 117 cm³/mol. The predicted octanol–water partition coefficient (Wildman–Crippen LogP) is 4.28. The molecule has 1 aromatic heterocycles. The Balaban J connectivity index is 1.94. The molecule has 0 bridgehead atoms. The first-order valence-electron chi connectivity index (χ1n) is 9.73. The number of nitrogens with zero attached hydrogens (tertiary/aromatic N) is 3. The highest BCUT2D eigenvalue weighted by atomic mass is 16.5. The van der Waals surface area contributed by atoms with Crippen LogP contribution in [0.2, 0.25) is 0 Å². The average molecular weight is 412 g/mol. The first-order valence-corrected chi connectivity index (χ1v) is 9.73. The monoisotopic (exact) mass is 412 g/mol. The molecule has 0 aliphatic rings. The molecule has 1 heterocycles. The third-order valence-electron chi connectivity index (χ3n) is 4.62. The van der Waals surface area contributed by atoms with E-state index in [1.807, 2.05) is 41.1 Å². The summed E-state index contributed by atoms with van der Waals surface area (Å²) in [5.74, 6) is -1.19. The number of aryl methyl sites for hydroxylation is 1. The number of amides is 1. The molecule has 0 aliphatic carbocycles. The van der Waals surface area contributed by atoms with E-state index in [4.69, 9.17) is 10.00 Å². The topological polar surface area (TPSA) is 108 Å². The average Bonchev–Trinajstić information content (AvgIpc) is 3.14. The van der Waals surface area contributed by atoms with Gasteiger partial charge in [0, 0.05) is 29.2 Å². The molecule has 0 saturated carbocycles. The second-order valence-corrected chi connectivity index (χ2v) is 6.59. The lowest BCUT2D eigenvalue weighted by Gasteiger charge is -2.09. The van der Waals surface area contributed by atoms with Gasteiger partial charge < -0.3 is 14.6 Å². The van der Waals surface area contributed by atoms with Crippen LogP contribution in [0.1, 0.15) is 29.3 Å². The van der Waals surface area contributed by atoms with Crippen molar-refractivity contribution in [1.82, 2.24) is 4.57 Å². The number of rotatable bonds is 7. The molecule has 0 fully saturated rings. The molecule has 2 aromatic carbocycles. The summed E-state index contributed by atoms with van der Waals surface area (Å²) in [6.07, 6.45) is 3.67. The molecule has 154 valence electrons. The summed E-state index contributed by atoms with van der Waals surface area (Å²) in [5.41, 5.74) is 1.97. The Morgan fingerprint density at radius 2 is 1.87 bits per heavy atom. The maximum Gasteiger partial charge on any atom is 0.340 e. The lowest BCUT2D eigenvalue weighted by molar-refractivity contribution is -0.112. The minimum absolute atomic E-state index is 0.109. The molecule has 3 aromatic rings.